The van der Waals surface area contributed by atoms with Gasteiger partial charge in [0.2, 0.25) is 11.9 Å². The van der Waals surface area contributed by atoms with E-state index in [1.165, 1.54) is 11.8 Å². The molecule has 0 spiro atoms. The van der Waals surface area contributed by atoms with E-state index in [1.807, 2.05) is 6.92 Å². The Morgan fingerprint density at radius 3 is 2.56 bits per heavy atom. The molecule has 0 aliphatic rings. The molecular weight excluding hydrogens is 362 g/mol. The maximum Gasteiger partial charge on any atom is 0.262 e. The number of aromatic nitrogens is 5. The highest BCUT2D eigenvalue weighted by atomic mass is 35.5. The van der Waals surface area contributed by atoms with Crippen LogP contribution in [0.4, 0.5) is 11.9 Å². The second kappa shape index (κ2) is 7.24. The normalized spacial score (nSPS) is 11.1. The summed E-state index contributed by atoms with van der Waals surface area (Å²) in [6, 6.07) is 5.06. The van der Waals surface area contributed by atoms with Crippen LogP contribution < -0.4 is 17.0 Å². The monoisotopic (exact) mass is 377 g/mol. The average Bonchev–Trinajstić information content (AvgIpc) is 2.55. The fourth-order valence-electron chi connectivity index (χ4n) is 2.36. The van der Waals surface area contributed by atoms with Gasteiger partial charge in [-0.1, -0.05) is 30.3 Å². The zero-order chi connectivity index (χ0) is 18.0. The molecular formula is C15H16ClN7OS. The van der Waals surface area contributed by atoms with E-state index in [9.17, 15) is 4.79 Å². The summed E-state index contributed by atoms with van der Waals surface area (Å²) in [5.41, 5.74) is 11.6. The van der Waals surface area contributed by atoms with Gasteiger partial charge in [0.15, 0.2) is 5.16 Å². The first-order valence-electron chi connectivity index (χ1n) is 7.56. The summed E-state index contributed by atoms with van der Waals surface area (Å²) in [6.07, 6.45) is 0.805. The van der Waals surface area contributed by atoms with Gasteiger partial charge in [0.1, 0.15) is 5.82 Å². The van der Waals surface area contributed by atoms with Crippen molar-refractivity contribution in [2.75, 3.05) is 11.5 Å². The van der Waals surface area contributed by atoms with E-state index < -0.39 is 0 Å². The van der Waals surface area contributed by atoms with Gasteiger partial charge in [-0.3, -0.25) is 9.36 Å². The van der Waals surface area contributed by atoms with Crippen LogP contribution in [0.15, 0.2) is 28.2 Å². The number of nitrogen functional groups attached to an aromatic ring is 2. The Morgan fingerprint density at radius 1 is 1.16 bits per heavy atom. The summed E-state index contributed by atoms with van der Waals surface area (Å²) in [5.74, 6) is 0.914. The van der Waals surface area contributed by atoms with E-state index in [-0.39, 0.29) is 17.5 Å². The summed E-state index contributed by atoms with van der Waals surface area (Å²) in [6.45, 7) is 2.56. The standard InChI is InChI=1S/C15H16ClN7OS/c1-2-5-23-12(24)9-4-3-8(16)6-10(9)19-15(23)25-7-11-20-13(17)22-14(18)21-11/h3-4,6H,2,5,7H2,1H3,(H4,17,18,20,21,22). The predicted octanol–water partition coefficient (Wildman–Crippen LogP) is 2.10. The Balaban J connectivity index is 2.01. The van der Waals surface area contributed by atoms with Crippen molar-refractivity contribution in [1.82, 2.24) is 24.5 Å². The van der Waals surface area contributed by atoms with Gasteiger partial charge in [-0.15, -0.1) is 0 Å². The lowest BCUT2D eigenvalue weighted by Crippen LogP contribution is -2.23. The van der Waals surface area contributed by atoms with E-state index in [1.54, 1.807) is 22.8 Å². The first kappa shape index (κ1) is 17.4. The SMILES string of the molecule is CCCn1c(SCc2nc(N)nc(N)n2)nc2cc(Cl)ccc2c1=O. The molecule has 130 valence electrons. The number of hydrogen-bond acceptors (Lipinski definition) is 8. The minimum atomic E-state index is -0.0966. The number of halogens is 1. The van der Waals surface area contributed by atoms with Crippen LogP contribution in [0.5, 0.6) is 0 Å². The molecule has 0 atom stereocenters. The van der Waals surface area contributed by atoms with Gasteiger partial charge in [-0.2, -0.15) is 15.0 Å². The van der Waals surface area contributed by atoms with Crippen molar-refractivity contribution in [2.24, 2.45) is 0 Å². The van der Waals surface area contributed by atoms with Crippen LogP contribution in [0.25, 0.3) is 10.9 Å². The number of hydrogen-bond donors (Lipinski definition) is 2. The van der Waals surface area contributed by atoms with Crippen molar-refractivity contribution >= 4 is 46.2 Å². The smallest absolute Gasteiger partial charge is 0.262 e. The molecule has 2 heterocycles. The highest BCUT2D eigenvalue weighted by molar-refractivity contribution is 7.98. The molecule has 0 aliphatic heterocycles. The molecule has 0 amide bonds. The Hall–Kier alpha value is -2.39. The molecule has 3 aromatic rings. The first-order valence-corrected chi connectivity index (χ1v) is 8.93. The number of rotatable bonds is 5. The second-order valence-electron chi connectivity index (χ2n) is 5.27. The lowest BCUT2D eigenvalue weighted by atomic mass is 10.2. The molecule has 0 saturated carbocycles. The molecule has 4 N–H and O–H groups in total. The van der Waals surface area contributed by atoms with Crippen LogP contribution in [0, 0.1) is 0 Å². The maximum absolute atomic E-state index is 12.8. The minimum absolute atomic E-state index is 0.0623. The van der Waals surface area contributed by atoms with E-state index in [0.29, 0.717) is 39.2 Å². The molecule has 10 heteroatoms. The van der Waals surface area contributed by atoms with Crippen LogP contribution in [-0.2, 0) is 12.3 Å². The van der Waals surface area contributed by atoms with E-state index in [4.69, 9.17) is 23.1 Å². The van der Waals surface area contributed by atoms with Crippen molar-refractivity contribution in [2.45, 2.75) is 30.8 Å². The Kier molecular flexibility index (Phi) is 5.05. The Morgan fingerprint density at radius 2 is 1.88 bits per heavy atom. The molecule has 0 saturated heterocycles. The minimum Gasteiger partial charge on any atom is -0.368 e. The quantitative estimate of drug-likeness (QED) is 0.511. The van der Waals surface area contributed by atoms with Gasteiger partial charge in [0.25, 0.3) is 5.56 Å². The molecule has 0 unspecified atom stereocenters. The molecule has 8 nitrogen and oxygen atoms in total. The van der Waals surface area contributed by atoms with E-state index in [0.717, 1.165) is 6.42 Å². The van der Waals surface area contributed by atoms with Gasteiger partial charge >= 0.3 is 0 Å². The van der Waals surface area contributed by atoms with Crippen molar-refractivity contribution in [3.05, 3.63) is 39.4 Å². The summed E-state index contributed by atoms with van der Waals surface area (Å²) < 4.78 is 1.65. The van der Waals surface area contributed by atoms with Crippen LogP contribution in [0.3, 0.4) is 0 Å². The third-order valence-corrected chi connectivity index (χ3v) is 4.58. The second-order valence-corrected chi connectivity index (χ2v) is 6.65. The molecule has 3 rings (SSSR count). The van der Waals surface area contributed by atoms with E-state index >= 15 is 0 Å². The summed E-state index contributed by atoms with van der Waals surface area (Å²) in [4.78, 5) is 29.2. The number of nitrogens with two attached hydrogens (primary N) is 2. The number of thioether (sulfide) groups is 1. The van der Waals surface area contributed by atoms with Crippen LogP contribution in [-0.4, -0.2) is 24.5 Å². The highest BCUT2D eigenvalue weighted by Gasteiger charge is 2.13. The van der Waals surface area contributed by atoms with E-state index in [2.05, 4.69) is 19.9 Å². The number of fused-ring (bicyclic) bond motifs is 1. The Bertz CT molecular complexity index is 971. The van der Waals surface area contributed by atoms with Gasteiger partial charge in [-0.05, 0) is 24.6 Å². The van der Waals surface area contributed by atoms with Gasteiger partial charge in [0, 0.05) is 11.6 Å². The first-order chi connectivity index (χ1) is 12.0. The van der Waals surface area contributed by atoms with Crippen LogP contribution in [0.1, 0.15) is 19.2 Å². The molecule has 0 aliphatic carbocycles. The molecule has 1 aromatic carbocycles. The lowest BCUT2D eigenvalue weighted by molar-refractivity contribution is 0.584. The predicted molar refractivity (Wildman–Crippen MR) is 99.5 cm³/mol. The lowest BCUT2D eigenvalue weighted by Gasteiger charge is -2.12. The molecule has 25 heavy (non-hydrogen) atoms. The van der Waals surface area contributed by atoms with Crippen molar-refractivity contribution < 1.29 is 0 Å². The van der Waals surface area contributed by atoms with Crippen LogP contribution >= 0.6 is 23.4 Å². The van der Waals surface area contributed by atoms with Gasteiger partial charge < -0.3 is 11.5 Å². The third kappa shape index (κ3) is 3.83. The van der Waals surface area contributed by atoms with Gasteiger partial charge in [-0.25, -0.2) is 4.98 Å². The van der Waals surface area contributed by atoms with Crippen LogP contribution in [0.2, 0.25) is 5.02 Å². The molecule has 0 fully saturated rings. The fourth-order valence-corrected chi connectivity index (χ4v) is 3.40. The number of anilines is 2. The summed E-state index contributed by atoms with van der Waals surface area (Å²) in [7, 11) is 0. The highest BCUT2D eigenvalue weighted by Crippen LogP contribution is 2.23. The van der Waals surface area contributed by atoms with Gasteiger partial charge in [0.05, 0.1) is 16.7 Å². The molecule has 0 radical (unpaired) electrons. The average molecular weight is 378 g/mol. The number of nitrogens with zero attached hydrogens (tertiary/aromatic N) is 5. The maximum atomic E-state index is 12.8. The van der Waals surface area contributed by atoms with Crippen molar-refractivity contribution in [3.8, 4) is 0 Å². The number of benzene rings is 1. The summed E-state index contributed by atoms with van der Waals surface area (Å²) in [5, 5.41) is 1.64. The zero-order valence-corrected chi connectivity index (χ0v) is 15.0. The largest absolute Gasteiger partial charge is 0.368 e. The molecule has 0 bridgehead atoms. The van der Waals surface area contributed by atoms with Crippen molar-refractivity contribution in [3.63, 3.8) is 0 Å². The third-order valence-electron chi connectivity index (χ3n) is 3.38. The zero-order valence-electron chi connectivity index (χ0n) is 13.4. The Labute approximate surface area is 152 Å². The van der Waals surface area contributed by atoms with Crippen molar-refractivity contribution in [1.29, 1.82) is 0 Å². The summed E-state index contributed by atoms with van der Waals surface area (Å²) >= 11 is 7.36. The fraction of sp³-hybridized carbons (Fsp3) is 0.267. The molecule has 2 aromatic heterocycles. The topological polar surface area (TPSA) is 126 Å².